The summed E-state index contributed by atoms with van der Waals surface area (Å²) in [4.78, 5) is 0. The maximum atomic E-state index is 11.9. The summed E-state index contributed by atoms with van der Waals surface area (Å²) in [7, 11) is -3.64. The summed E-state index contributed by atoms with van der Waals surface area (Å²) in [6.07, 6.45) is -4.47. The molecule has 0 unspecified atom stereocenters. The molecule has 1 fully saturated rings. The fourth-order valence-corrected chi connectivity index (χ4v) is 3.55. The predicted octanol–water partition coefficient (Wildman–Crippen LogP) is 1.39. The SMILES string of the molecule is CC1(NS(=O)(=O)CCCC(F)(F)F)CCNCC1. The van der Waals surface area contributed by atoms with E-state index in [-0.39, 0.29) is 0 Å². The van der Waals surface area contributed by atoms with E-state index in [2.05, 4.69) is 10.0 Å². The lowest BCUT2D eigenvalue weighted by molar-refractivity contribution is -0.134. The second kappa shape index (κ2) is 5.75. The number of alkyl halides is 3. The van der Waals surface area contributed by atoms with Crippen LogP contribution in [-0.2, 0) is 10.0 Å². The molecule has 1 saturated heterocycles. The molecule has 1 rings (SSSR count). The highest BCUT2D eigenvalue weighted by Gasteiger charge is 2.32. The largest absolute Gasteiger partial charge is 0.389 e. The summed E-state index contributed by atoms with van der Waals surface area (Å²) in [6.45, 7) is 3.21. The molecule has 0 amide bonds. The molecule has 1 aliphatic heterocycles. The van der Waals surface area contributed by atoms with Gasteiger partial charge in [0.25, 0.3) is 0 Å². The van der Waals surface area contributed by atoms with Gasteiger partial charge in [-0.3, -0.25) is 0 Å². The number of hydrogen-bond acceptors (Lipinski definition) is 3. The van der Waals surface area contributed by atoms with E-state index in [0.717, 1.165) is 0 Å². The Balaban J connectivity index is 2.44. The van der Waals surface area contributed by atoms with E-state index < -0.39 is 40.3 Å². The number of hydrogen-bond donors (Lipinski definition) is 2. The Morgan fingerprint density at radius 1 is 1.28 bits per heavy atom. The van der Waals surface area contributed by atoms with Gasteiger partial charge in [0.15, 0.2) is 0 Å². The first-order valence-electron chi connectivity index (χ1n) is 5.91. The van der Waals surface area contributed by atoms with Gasteiger partial charge in [-0.2, -0.15) is 13.2 Å². The number of nitrogens with one attached hydrogen (secondary N) is 2. The highest BCUT2D eigenvalue weighted by atomic mass is 32.2. The Morgan fingerprint density at radius 2 is 1.83 bits per heavy atom. The van der Waals surface area contributed by atoms with Crippen molar-refractivity contribution >= 4 is 10.0 Å². The molecule has 0 aromatic carbocycles. The monoisotopic (exact) mass is 288 g/mol. The molecule has 0 aromatic heterocycles. The van der Waals surface area contributed by atoms with Crippen LogP contribution < -0.4 is 10.0 Å². The van der Waals surface area contributed by atoms with Gasteiger partial charge in [0.1, 0.15) is 0 Å². The minimum absolute atomic E-state index is 0.396. The number of rotatable bonds is 5. The molecule has 108 valence electrons. The Hall–Kier alpha value is -0.340. The second-order valence-corrected chi connectivity index (χ2v) is 6.79. The Morgan fingerprint density at radius 3 is 2.33 bits per heavy atom. The maximum Gasteiger partial charge on any atom is 0.389 e. The zero-order valence-electron chi connectivity index (χ0n) is 10.3. The summed E-state index contributed by atoms with van der Waals surface area (Å²) in [5.41, 5.74) is -0.539. The van der Waals surface area contributed by atoms with Gasteiger partial charge in [0.05, 0.1) is 5.75 Å². The van der Waals surface area contributed by atoms with E-state index in [1.807, 2.05) is 0 Å². The molecule has 0 atom stereocenters. The van der Waals surface area contributed by atoms with E-state index in [4.69, 9.17) is 0 Å². The van der Waals surface area contributed by atoms with Crippen LogP contribution in [0.2, 0.25) is 0 Å². The van der Waals surface area contributed by atoms with Crippen LogP contribution in [0.3, 0.4) is 0 Å². The predicted molar refractivity (Wildman–Crippen MR) is 62.7 cm³/mol. The van der Waals surface area contributed by atoms with Crippen LogP contribution in [0.1, 0.15) is 32.6 Å². The van der Waals surface area contributed by atoms with Gasteiger partial charge in [-0.15, -0.1) is 0 Å². The fourth-order valence-electron chi connectivity index (χ4n) is 1.97. The van der Waals surface area contributed by atoms with E-state index in [1.165, 1.54) is 0 Å². The summed E-state index contributed by atoms with van der Waals surface area (Å²) in [5, 5.41) is 3.11. The van der Waals surface area contributed by atoms with Crippen molar-refractivity contribution in [3.63, 3.8) is 0 Å². The van der Waals surface area contributed by atoms with Crippen molar-refractivity contribution in [3.05, 3.63) is 0 Å². The molecule has 8 heteroatoms. The summed E-state index contributed by atoms with van der Waals surface area (Å²) in [6, 6.07) is 0. The van der Waals surface area contributed by atoms with E-state index in [0.29, 0.717) is 25.9 Å². The lowest BCUT2D eigenvalue weighted by Gasteiger charge is -2.34. The van der Waals surface area contributed by atoms with Crippen LogP contribution in [0.15, 0.2) is 0 Å². The first-order valence-corrected chi connectivity index (χ1v) is 7.56. The van der Waals surface area contributed by atoms with Crippen molar-refractivity contribution in [2.75, 3.05) is 18.8 Å². The molecule has 18 heavy (non-hydrogen) atoms. The van der Waals surface area contributed by atoms with E-state index in [1.54, 1.807) is 6.92 Å². The van der Waals surface area contributed by atoms with Gasteiger partial charge in [0, 0.05) is 12.0 Å². The average Bonchev–Trinajstić information content (AvgIpc) is 2.13. The summed E-state index contributed by atoms with van der Waals surface area (Å²) >= 11 is 0. The first-order chi connectivity index (χ1) is 8.12. The third kappa shape index (κ3) is 6.01. The zero-order valence-corrected chi connectivity index (χ0v) is 11.1. The quantitative estimate of drug-likeness (QED) is 0.804. The summed E-state index contributed by atoms with van der Waals surface area (Å²) < 4.78 is 61.7. The Bertz CT molecular complexity index is 362. The summed E-state index contributed by atoms with van der Waals surface area (Å²) in [5.74, 6) is -0.477. The molecule has 0 saturated carbocycles. The molecule has 2 N–H and O–H groups in total. The van der Waals surface area contributed by atoms with Gasteiger partial charge in [-0.1, -0.05) is 0 Å². The standard InChI is InChI=1S/C10H19F3N2O2S/c1-9(4-6-14-7-5-9)15-18(16,17)8-2-3-10(11,12)13/h14-15H,2-8H2,1H3. The van der Waals surface area contributed by atoms with Crippen molar-refractivity contribution in [1.82, 2.24) is 10.0 Å². The molecular formula is C10H19F3N2O2S. The van der Waals surface area contributed by atoms with Gasteiger partial charge < -0.3 is 5.32 Å². The molecular weight excluding hydrogens is 269 g/mol. The van der Waals surface area contributed by atoms with Crippen molar-refractivity contribution < 1.29 is 21.6 Å². The van der Waals surface area contributed by atoms with Gasteiger partial charge in [-0.25, -0.2) is 13.1 Å². The van der Waals surface area contributed by atoms with Crippen LogP contribution in [0.4, 0.5) is 13.2 Å². The molecule has 0 aromatic rings. The van der Waals surface area contributed by atoms with Gasteiger partial charge >= 0.3 is 6.18 Å². The Labute approximate surface area is 105 Å². The highest BCUT2D eigenvalue weighted by Crippen LogP contribution is 2.22. The molecule has 1 heterocycles. The van der Waals surface area contributed by atoms with Crippen LogP contribution >= 0.6 is 0 Å². The first kappa shape index (κ1) is 15.7. The molecule has 0 aliphatic carbocycles. The van der Waals surface area contributed by atoms with Crippen molar-refractivity contribution in [2.24, 2.45) is 0 Å². The molecule has 1 aliphatic rings. The van der Waals surface area contributed by atoms with Crippen molar-refractivity contribution in [2.45, 2.75) is 44.3 Å². The van der Waals surface area contributed by atoms with Gasteiger partial charge in [-0.05, 0) is 39.3 Å². The third-order valence-corrected chi connectivity index (χ3v) is 4.61. The third-order valence-electron chi connectivity index (χ3n) is 2.98. The zero-order chi connectivity index (χ0) is 13.9. The second-order valence-electron chi connectivity index (χ2n) is 4.95. The number of piperidine rings is 1. The normalized spacial score (nSPS) is 20.9. The van der Waals surface area contributed by atoms with Crippen LogP contribution in [-0.4, -0.2) is 39.0 Å². The van der Waals surface area contributed by atoms with Gasteiger partial charge in [0.2, 0.25) is 10.0 Å². The minimum atomic E-state index is -4.30. The number of sulfonamides is 1. The van der Waals surface area contributed by atoms with Crippen LogP contribution in [0, 0.1) is 0 Å². The molecule has 0 radical (unpaired) electrons. The van der Waals surface area contributed by atoms with Crippen LogP contribution in [0.25, 0.3) is 0 Å². The topological polar surface area (TPSA) is 58.2 Å². The maximum absolute atomic E-state index is 11.9. The molecule has 0 bridgehead atoms. The smallest absolute Gasteiger partial charge is 0.317 e. The Kier molecular flexibility index (Phi) is 5.02. The van der Waals surface area contributed by atoms with E-state index >= 15 is 0 Å². The average molecular weight is 288 g/mol. The highest BCUT2D eigenvalue weighted by molar-refractivity contribution is 7.89. The number of halogens is 3. The lowest BCUT2D eigenvalue weighted by atomic mass is 9.92. The molecule has 4 nitrogen and oxygen atoms in total. The lowest BCUT2D eigenvalue weighted by Crippen LogP contribution is -2.52. The van der Waals surface area contributed by atoms with Crippen molar-refractivity contribution in [1.29, 1.82) is 0 Å². The minimum Gasteiger partial charge on any atom is -0.317 e. The van der Waals surface area contributed by atoms with E-state index in [9.17, 15) is 21.6 Å². The molecule has 0 spiro atoms. The van der Waals surface area contributed by atoms with Crippen molar-refractivity contribution in [3.8, 4) is 0 Å². The van der Waals surface area contributed by atoms with Crippen LogP contribution in [0.5, 0.6) is 0 Å². The fraction of sp³-hybridized carbons (Fsp3) is 1.00.